The van der Waals surface area contributed by atoms with Crippen LogP contribution in [0.5, 0.6) is 5.75 Å². The van der Waals surface area contributed by atoms with Crippen LogP contribution >= 0.6 is 0 Å². The summed E-state index contributed by atoms with van der Waals surface area (Å²) in [6.07, 6.45) is 1.39. The molecule has 1 atom stereocenters. The lowest BCUT2D eigenvalue weighted by Gasteiger charge is -2.11. The van der Waals surface area contributed by atoms with Crippen LogP contribution in [0.15, 0.2) is 18.3 Å². The van der Waals surface area contributed by atoms with Crippen molar-refractivity contribution in [2.24, 2.45) is 0 Å². The third-order valence-electron chi connectivity index (χ3n) is 3.67. The van der Waals surface area contributed by atoms with E-state index in [0.29, 0.717) is 17.9 Å². The van der Waals surface area contributed by atoms with Crippen LogP contribution in [0.25, 0.3) is 11.4 Å². The van der Waals surface area contributed by atoms with Crippen molar-refractivity contribution in [1.29, 1.82) is 0 Å². The van der Waals surface area contributed by atoms with E-state index in [1.54, 1.807) is 4.57 Å². The molecular weight excluding hydrogens is 331 g/mol. The van der Waals surface area contributed by atoms with Crippen molar-refractivity contribution in [2.75, 3.05) is 13.2 Å². The van der Waals surface area contributed by atoms with Gasteiger partial charge in [0.25, 0.3) is 0 Å². The number of aromatic nitrogens is 2. The minimum atomic E-state index is -1.66. The number of imidazole rings is 1. The number of hydrogen-bond donors (Lipinski definition) is 3. The maximum atomic E-state index is 14.3. The Hall–Kier alpha value is -2.89. The molecule has 8 heteroatoms. The summed E-state index contributed by atoms with van der Waals surface area (Å²) in [7, 11) is 0. The normalized spacial score (nSPS) is 14.9. The lowest BCUT2D eigenvalue weighted by Crippen LogP contribution is -2.26. The van der Waals surface area contributed by atoms with Crippen LogP contribution in [-0.2, 0) is 6.54 Å². The predicted molar refractivity (Wildman–Crippen MR) is 84.7 cm³/mol. The molecule has 1 aliphatic rings. The third kappa shape index (κ3) is 3.33. The van der Waals surface area contributed by atoms with Gasteiger partial charge in [-0.3, -0.25) is 0 Å². The van der Waals surface area contributed by atoms with E-state index in [4.69, 9.17) is 14.9 Å². The molecule has 1 aromatic carbocycles. The molecule has 2 heterocycles. The molecule has 1 aliphatic heterocycles. The number of halogens is 1. The Kier molecular flexibility index (Phi) is 4.20. The van der Waals surface area contributed by atoms with E-state index in [9.17, 15) is 14.3 Å². The standard InChI is InChI=1S/C17H15FN2O5/c1-17(24,9-21)3-2-10-6-11-14(7-12(10)18)25-5-4-20-8-13(16(22)23)19-15(11)20/h6-8,21,24H,4-5,9H2,1H3,(H,22,23). The summed E-state index contributed by atoms with van der Waals surface area (Å²) in [6.45, 7) is 1.31. The van der Waals surface area contributed by atoms with Crippen LogP contribution in [0, 0.1) is 17.7 Å². The van der Waals surface area contributed by atoms with E-state index in [-0.39, 0.29) is 23.6 Å². The average molecular weight is 346 g/mol. The number of fused-ring (bicyclic) bond motifs is 3. The molecule has 7 nitrogen and oxygen atoms in total. The van der Waals surface area contributed by atoms with Gasteiger partial charge in [-0.2, -0.15) is 0 Å². The number of carbonyl (C=O) groups is 1. The first kappa shape index (κ1) is 17.0. The number of carboxylic acids is 1. The maximum Gasteiger partial charge on any atom is 0.356 e. The molecule has 3 N–H and O–H groups in total. The molecule has 0 fully saturated rings. The lowest BCUT2D eigenvalue weighted by atomic mass is 10.1. The van der Waals surface area contributed by atoms with Gasteiger partial charge in [-0.25, -0.2) is 14.2 Å². The molecule has 0 radical (unpaired) electrons. The van der Waals surface area contributed by atoms with Crippen LogP contribution in [-0.4, -0.2) is 49.7 Å². The van der Waals surface area contributed by atoms with Crippen molar-refractivity contribution in [3.05, 3.63) is 35.4 Å². The van der Waals surface area contributed by atoms with Gasteiger partial charge >= 0.3 is 5.97 Å². The Labute approximate surface area is 142 Å². The summed E-state index contributed by atoms with van der Waals surface area (Å²) >= 11 is 0. The van der Waals surface area contributed by atoms with Gasteiger partial charge in [-0.1, -0.05) is 11.8 Å². The van der Waals surface area contributed by atoms with E-state index in [0.717, 1.165) is 6.07 Å². The molecule has 1 aromatic heterocycles. The van der Waals surface area contributed by atoms with Crippen LogP contribution in [0.4, 0.5) is 4.39 Å². The summed E-state index contributed by atoms with van der Waals surface area (Å²) in [5.41, 5.74) is -1.41. The fourth-order valence-electron chi connectivity index (χ4n) is 2.34. The zero-order valence-corrected chi connectivity index (χ0v) is 13.3. The van der Waals surface area contributed by atoms with Crippen molar-refractivity contribution in [2.45, 2.75) is 19.1 Å². The van der Waals surface area contributed by atoms with Crippen LogP contribution in [0.3, 0.4) is 0 Å². The molecule has 130 valence electrons. The number of ether oxygens (including phenoxy) is 1. The maximum absolute atomic E-state index is 14.3. The Morgan fingerprint density at radius 3 is 2.96 bits per heavy atom. The minimum absolute atomic E-state index is 0.0237. The van der Waals surface area contributed by atoms with Crippen LogP contribution in [0.1, 0.15) is 23.0 Å². The molecule has 2 aromatic rings. The van der Waals surface area contributed by atoms with Crippen molar-refractivity contribution < 1.29 is 29.2 Å². The van der Waals surface area contributed by atoms with Crippen LogP contribution in [0.2, 0.25) is 0 Å². The molecule has 3 rings (SSSR count). The highest BCUT2D eigenvalue weighted by molar-refractivity contribution is 5.86. The number of rotatable bonds is 2. The molecule has 0 aliphatic carbocycles. The van der Waals surface area contributed by atoms with Gasteiger partial charge in [0.2, 0.25) is 0 Å². The summed E-state index contributed by atoms with van der Waals surface area (Å²) in [6, 6.07) is 2.54. The molecular formula is C17H15FN2O5. The van der Waals surface area contributed by atoms with Crippen molar-refractivity contribution in [3.63, 3.8) is 0 Å². The topological polar surface area (TPSA) is 105 Å². The van der Waals surface area contributed by atoms with Gasteiger partial charge in [0, 0.05) is 12.3 Å². The number of aliphatic hydroxyl groups is 2. The number of aromatic carboxylic acids is 1. The Balaban J connectivity index is 2.13. The van der Waals surface area contributed by atoms with E-state index in [2.05, 4.69) is 16.8 Å². The number of aliphatic hydroxyl groups excluding tert-OH is 1. The van der Waals surface area contributed by atoms with Gasteiger partial charge in [0.15, 0.2) is 5.69 Å². The highest BCUT2D eigenvalue weighted by atomic mass is 19.1. The van der Waals surface area contributed by atoms with Crippen molar-refractivity contribution >= 4 is 5.97 Å². The fraction of sp³-hybridized carbons (Fsp3) is 0.294. The summed E-state index contributed by atoms with van der Waals surface area (Å²) in [4.78, 5) is 15.2. The van der Waals surface area contributed by atoms with E-state index in [1.165, 1.54) is 19.2 Å². The quantitative estimate of drug-likeness (QED) is 0.697. The van der Waals surface area contributed by atoms with Gasteiger partial charge in [-0.15, -0.1) is 0 Å². The van der Waals surface area contributed by atoms with Gasteiger partial charge < -0.3 is 24.6 Å². The zero-order chi connectivity index (χ0) is 18.2. The highest BCUT2D eigenvalue weighted by Gasteiger charge is 2.23. The highest BCUT2D eigenvalue weighted by Crippen LogP contribution is 2.34. The molecule has 25 heavy (non-hydrogen) atoms. The first-order chi connectivity index (χ1) is 11.8. The van der Waals surface area contributed by atoms with Gasteiger partial charge in [0.1, 0.15) is 29.6 Å². The molecule has 0 spiro atoms. The zero-order valence-electron chi connectivity index (χ0n) is 13.3. The van der Waals surface area contributed by atoms with E-state index < -0.39 is 24.0 Å². The average Bonchev–Trinajstić information content (AvgIpc) is 2.91. The molecule has 0 saturated carbocycles. The third-order valence-corrected chi connectivity index (χ3v) is 3.67. The first-order valence-electron chi connectivity index (χ1n) is 7.44. The SMILES string of the molecule is CC(O)(C#Cc1cc2c(cc1F)OCCn1cc(C(=O)O)nc1-2)CO. The predicted octanol–water partition coefficient (Wildman–Crippen LogP) is 0.875. The Morgan fingerprint density at radius 2 is 2.28 bits per heavy atom. The molecule has 0 bridgehead atoms. The second kappa shape index (κ2) is 6.20. The summed E-state index contributed by atoms with van der Waals surface area (Å²) < 4.78 is 21.4. The number of carboxylic acid groups (broad SMARTS) is 1. The second-order valence-electron chi connectivity index (χ2n) is 5.81. The van der Waals surface area contributed by atoms with Crippen molar-refractivity contribution in [3.8, 4) is 29.0 Å². The molecule has 1 unspecified atom stereocenters. The summed E-state index contributed by atoms with van der Waals surface area (Å²) in [5.74, 6) is 3.63. The number of hydrogen-bond acceptors (Lipinski definition) is 5. The first-order valence-corrected chi connectivity index (χ1v) is 7.44. The minimum Gasteiger partial charge on any atom is -0.491 e. The van der Waals surface area contributed by atoms with Gasteiger partial charge in [-0.05, 0) is 13.0 Å². The van der Waals surface area contributed by atoms with Gasteiger partial charge in [0.05, 0.1) is 24.3 Å². The Bertz CT molecular complexity index is 908. The van der Waals surface area contributed by atoms with Crippen molar-refractivity contribution in [1.82, 2.24) is 9.55 Å². The second-order valence-corrected chi connectivity index (χ2v) is 5.81. The number of benzene rings is 1. The molecule has 0 amide bonds. The van der Waals surface area contributed by atoms with E-state index in [1.807, 2.05) is 0 Å². The largest absolute Gasteiger partial charge is 0.491 e. The molecule has 0 saturated heterocycles. The fourth-order valence-corrected chi connectivity index (χ4v) is 2.34. The smallest absolute Gasteiger partial charge is 0.356 e. The van der Waals surface area contributed by atoms with Crippen LogP contribution < -0.4 is 4.74 Å². The number of nitrogens with zero attached hydrogens (tertiary/aromatic N) is 2. The monoisotopic (exact) mass is 346 g/mol. The Morgan fingerprint density at radius 1 is 1.52 bits per heavy atom. The lowest BCUT2D eigenvalue weighted by molar-refractivity contribution is 0.0518. The summed E-state index contributed by atoms with van der Waals surface area (Å²) in [5, 5.41) is 27.9. The van der Waals surface area contributed by atoms with E-state index >= 15 is 0 Å².